The summed E-state index contributed by atoms with van der Waals surface area (Å²) in [6.07, 6.45) is 1.80. The summed E-state index contributed by atoms with van der Waals surface area (Å²) in [7, 11) is 0. The van der Waals surface area contributed by atoms with Crippen molar-refractivity contribution in [1.29, 1.82) is 0 Å². The number of rotatable bonds is 4. The molecule has 104 valence electrons. The van der Waals surface area contributed by atoms with E-state index >= 15 is 0 Å². The largest absolute Gasteiger partial charge is 0.492 e. The van der Waals surface area contributed by atoms with Gasteiger partial charge >= 0.3 is 0 Å². The number of fused-ring (bicyclic) bond motifs is 1. The van der Waals surface area contributed by atoms with Crippen LogP contribution < -0.4 is 10.1 Å². The van der Waals surface area contributed by atoms with Crippen LogP contribution in [0, 0.1) is 0 Å². The fourth-order valence-electron chi connectivity index (χ4n) is 2.48. The molecule has 0 amide bonds. The highest BCUT2D eigenvalue weighted by molar-refractivity contribution is 5.71. The van der Waals surface area contributed by atoms with Gasteiger partial charge in [-0.3, -0.25) is 0 Å². The number of para-hydroxylation sites is 1. The zero-order valence-electron chi connectivity index (χ0n) is 11.9. The molecule has 3 rings (SSSR count). The molecule has 4 heteroatoms. The van der Waals surface area contributed by atoms with E-state index in [9.17, 15) is 0 Å². The molecule has 20 heavy (non-hydrogen) atoms. The molecule has 1 aromatic carbocycles. The van der Waals surface area contributed by atoms with Gasteiger partial charge in [-0.2, -0.15) is 0 Å². The zero-order valence-corrected chi connectivity index (χ0v) is 11.9. The van der Waals surface area contributed by atoms with Gasteiger partial charge in [0.15, 0.2) is 0 Å². The molecule has 0 unspecified atom stereocenters. The first-order valence-electron chi connectivity index (χ1n) is 7.18. The van der Waals surface area contributed by atoms with Gasteiger partial charge in [0.2, 0.25) is 0 Å². The Morgan fingerprint density at radius 1 is 1.25 bits per heavy atom. The van der Waals surface area contributed by atoms with Crippen LogP contribution in [0.2, 0.25) is 0 Å². The van der Waals surface area contributed by atoms with Gasteiger partial charge in [-0.15, -0.1) is 0 Å². The molecule has 0 saturated heterocycles. The van der Waals surface area contributed by atoms with E-state index < -0.39 is 0 Å². The maximum atomic E-state index is 5.78. The first-order chi connectivity index (χ1) is 9.81. The molecule has 1 aliphatic heterocycles. The van der Waals surface area contributed by atoms with Crippen LogP contribution in [0.1, 0.15) is 25.2 Å². The van der Waals surface area contributed by atoms with Crippen molar-refractivity contribution in [3.63, 3.8) is 0 Å². The van der Waals surface area contributed by atoms with Crippen molar-refractivity contribution >= 4 is 5.82 Å². The van der Waals surface area contributed by atoms with Crippen LogP contribution in [0.25, 0.3) is 11.3 Å². The number of hydrogen-bond donors (Lipinski definition) is 1. The van der Waals surface area contributed by atoms with Crippen molar-refractivity contribution in [1.82, 2.24) is 9.97 Å². The lowest BCUT2D eigenvalue weighted by molar-refractivity contribution is 0.358. The number of benzene rings is 1. The second-order valence-electron chi connectivity index (χ2n) is 4.83. The Labute approximate surface area is 119 Å². The molecule has 1 aliphatic rings. The Morgan fingerprint density at radius 3 is 2.95 bits per heavy atom. The predicted molar refractivity (Wildman–Crippen MR) is 80.2 cm³/mol. The molecule has 4 nitrogen and oxygen atoms in total. The first-order valence-corrected chi connectivity index (χ1v) is 7.18. The van der Waals surface area contributed by atoms with E-state index in [0.29, 0.717) is 0 Å². The predicted octanol–water partition coefficient (Wildman–Crippen LogP) is 3.07. The van der Waals surface area contributed by atoms with E-state index in [1.807, 2.05) is 6.07 Å². The highest BCUT2D eigenvalue weighted by Gasteiger charge is 2.18. The smallest absolute Gasteiger partial charge is 0.132 e. The lowest BCUT2D eigenvalue weighted by Crippen LogP contribution is -2.04. The molecule has 1 aromatic heterocycles. The lowest BCUT2D eigenvalue weighted by Gasteiger charge is -2.11. The van der Waals surface area contributed by atoms with Crippen molar-refractivity contribution in [2.75, 3.05) is 18.5 Å². The number of aryl methyl sites for hydroxylation is 1. The first kappa shape index (κ1) is 12.9. The second-order valence-corrected chi connectivity index (χ2v) is 4.83. The van der Waals surface area contributed by atoms with E-state index in [0.717, 1.165) is 54.6 Å². The minimum absolute atomic E-state index is 0.762. The number of anilines is 1. The third-order valence-electron chi connectivity index (χ3n) is 3.44. The molecule has 2 heterocycles. The maximum Gasteiger partial charge on any atom is 0.132 e. The van der Waals surface area contributed by atoms with Gasteiger partial charge in [-0.05, 0) is 18.6 Å². The number of nitrogens with zero attached hydrogens (tertiary/aromatic N) is 2. The van der Waals surface area contributed by atoms with Crippen LogP contribution in [0.15, 0.2) is 24.3 Å². The monoisotopic (exact) mass is 269 g/mol. The normalized spacial score (nSPS) is 12.9. The Balaban J connectivity index is 2.10. The maximum absolute atomic E-state index is 5.78. The summed E-state index contributed by atoms with van der Waals surface area (Å²) >= 11 is 0. The van der Waals surface area contributed by atoms with Crippen LogP contribution >= 0.6 is 0 Å². The van der Waals surface area contributed by atoms with Crippen molar-refractivity contribution in [2.24, 2.45) is 0 Å². The molecule has 1 N–H and O–H groups in total. The Hall–Kier alpha value is -2.10. The molecule has 0 aliphatic carbocycles. The van der Waals surface area contributed by atoms with Gasteiger partial charge < -0.3 is 10.1 Å². The van der Waals surface area contributed by atoms with E-state index in [4.69, 9.17) is 4.74 Å². The minimum Gasteiger partial charge on any atom is -0.492 e. The SMILES string of the molecule is CCNc1cc(-c2cccc3c2OCC3)nc(CC)n1. The Kier molecular flexibility index (Phi) is 3.54. The van der Waals surface area contributed by atoms with Crippen LogP contribution in [-0.4, -0.2) is 23.1 Å². The number of hydrogen-bond acceptors (Lipinski definition) is 4. The van der Waals surface area contributed by atoms with Gasteiger partial charge in [-0.25, -0.2) is 9.97 Å². The molecule has 0 bridgehead atoms. The van der Waals surface area contributed by atoms with E-state index in [1.165, 1.54) is 5.56 Å². The number of ether oxygens (including phenoxy) is 1. The molecular formula is C16H19N3O. The molecule has 0 spiro atoms. The highest BCUT2D eigenvalue weighted by Crippen LogP contribution is 2.36. The van der Waals surface area contributed by atoms with Gasteiger partial charge in [0.1, 0.15) is 17.4 Å². The van der Waals surface area contributed by atoms with E-state index in [2.05, 4.69) is 47.3 Å². The molecule has 0 fully saturated rings. The van der Waals surface area contributed by atoms with E-state index in [1.54, 1.807) is 0 Å². The van der Waals surface area contributed by atoms with Crippen LogP contribution in [0.5, 0.6) is 5.75 Å². The standard InChI is InChI=1S/C16H19N3O/c1-3-14-18-13(10-15(19-14)17-4-2)12-7-5-6-11-8-9-20-16(11)12/h5-7,10H,3-4,8-9H2,1-2H3,(H,17,18,19). The number of nitrogens with one attached hydrogen (secondary N) is 1. The summed E-state index contributed by atoms with van der Waals surface area (Å²) < 4.78 is 5.78. The van der Waals surface area contributed by atoms with Crippen LogP contribution in [0.3, 0.4) is 0 Å². The van der Waals surface area contributed by atoms with Crippen molar-refractivity contribution in [2.45, 2.75) is 26.7 Å². The molecule has 0 atom stereocenters. The molecule has 0 saturated carbocycles. The average molecular weight is 269 g/mol. The summed E-state index contributed by atoms with van der Waals surface area (Å²) in [5.41, 5.74) is 3.27. The van der Waals surface area contributed by atoms with Crippen molar-refractivity contribution in [3.05, 3.63) is 35.7 Å². The Bertz CT molecular complexity index is 625. The number of aromatic nitrogens is 2. The molecular weight excluding hydrogens is 250 g/mol. The fourth-order valence-corrected chi connectivity index (χ4v) is 2.48. The van der Waals surface area contributed by atoms with Gasteiger partial charge in [0.25, 0.3) is 0 Å². The molecule has 0 radical (unpaired) electrons. The van der Waals surface area contributed by atoms with Crippen molar-refractivity contribution in [3.8, 4) is 17.0 Å². The Morgan fingerprint density at radius 2 is 2.15 bits per heavy atom. The second kappa shape index (κ2) is 5.49. The van der Waals surface area contributed by atoms with E-state index in [-0.39, 0.29) is 0 Å². The summed E-state index contributed by atoms with van der Waals surface area (Å²) in [5, 5.41) is 3.27. The minimum atomic E-state index is 0.762. The zero-order chi connectivity index (χ0) is 13.9. The quantitative estimate of drug-likeness (QED) is 0.926. The summed E-state index contributed by atoms with van der Waals surface area (Å²) in [5.74, 6) is 2.72. The summed E-state index contributed by atoms with van der Waals surface area (Å²) in [4.78, 5) is 9.15. The lowest BCUT2D eigenvalue weighted by atomic mass is 10.1. The average Bonchev–Trinajstić information content (AvgIpc) is 2.95. The van der Waals surface area contributed by atoms with Gasteiger partial charge in [0, 0.05) is 31.0 Å². The molecule has 2 aromatic rings. The third-order valence-corrected chi connectivity index (χ3v) is 3.44. The van der Waals surface area contributed by atoms with Crippen LogP contribution in [-0.2, 0) is 12.8 Å². The van der Waals surface area contributed by atoms with Crippen molar-refractivity contribution < 1.29 is 4.74 Å². The van der Waals surface area contributed by atoms with Crippen LogP contribution in [0.4, 0.5) is 5.82 Å². The topological polar surface area (TPSA) is 47.0 Å². The van der Waals surface area contributed by atoms with Gasteiger partial charge in [0.05, 0.1) is 12.3 Å². The fraction of sp³-hybridized carbons (Fsp3) is 0.375. The third kappa shape index (κ3) is 2.33. The summed E-state index contributed by atoms with van der Waals surface area (Å²) in [6, 6.07) is 8.27. The summed E-state index contributed by atoms with van der Waals surface area (Å²) in [6.45, 7) is 5.75. The van der Waals surface area contributed by atoms with Gasteiger partial charge in [-0.1, -0.05) is 19.1 Å². The highest BCUT2D eigenvalue weighted by atomic mass is 16.5.